The van der Waals surface area contributed by atoms with E-state index in [0.717, 1.165) is 17.8 Å². The number of aryl methyl sites for hydroxylation is 2. The van der Waals surface area contributed by atoms with Crippen molar-refractivity contribution in [2.24, 2.45) is 0 Å². The number of amides is 1. The van der Waals surface area contributed by atoms with Gasteiger partial charge >= 0.3 is 0 Å². The average molecular weight is 327 g/mol. The zero-order chi connectivity index (χ0) is 16.3. The molecule has 1 aliphatic rings. The first-order valence-corrected chi connectivity index (χ1v) is 9.39. The molecule has 0 unspecified atom stereocenters. The third kappa shape index (κ3) is 3.70. The normalized spacial score (nSPS) is 17.0. The van der Waals surface area contributed by atoms with Crippen molar-refractivity contribution >= 4 is 15.9 Å². The number of H-pyrrole nitrogens is 1. The minimum atomic E-state index is -3.17. The first-order chi connectivity index (χ1) is 10.3. The lowest BCUT2D eigenvalue weighted by Crippen LogP contribution is -2.51. The van der Waals surface area contributed by atoms with E-state index in [0.29, 0.717) is 38.2 Å². The van der Waals surface area contributed by atoms with Crippen LogP contribution < -0.4 is 0 Å². The largest absolute Gasteiger partial charge is 0.362 e. The molecule has 7 heteroatoms. The molecule has 1 aromatic heterocycles. The van der Waals surface area contributed by atoms with Crippen LogP contribution in [-0.2, 0) is 10.0 Å². The topological polar surface area (TPSA) is 73.5 Å². The van der Waals surface area contributed by atoms with Gasteiger partial charge in [-0.3, -0.25) is 4.79 Å². The summed E-state index contributed by atoms with van der Waals surface area (Å²) in [4.78, 5) is 17.4. The Morgan fingerprint density at radius 2 is 1.86 bits per heavy atom. The molecule has 124 valence electrons. The van der Waals surface area contributed by atoms with Crippen LogP contribution in [0.5, 0.6) is 0 Å². The monoisotopic (exact) mass is 327 g/mol. The minimum Gasteiger partial charge on any atom is -0.362 e. The van der Waals surface area contributed by atoms with Crippen molar-refractivity contribution in [1.82, 2.24) is 14.2 Å². The molecule has 22 heavy (non-hydrogen) atoms. The highest BCUT2D eigenvalue weighted by atomic mass is 32.2. The summed E-state index contributed by atoms with van der Waals surface area (Å²) in [5.74, 6) is 0.181. The van der Waals surface area contributed by atoms with E-state index in [4.69, 9.17) is 0 Å². The number of rotatable bonds is 5. The van der Waals surface area contributed by atoms with E-state index in [9.17, 15) is 13.2 Å². The van der Waals surface area contributed by atoms with E-state index in [1.807, 2.05) is 26.8 Å². The summed E-state index contributed by atoms with van der Waals surface area (Å²) in [6.07, 6.45) is 1.55. The number of nitrogens with one attached hydrogen (secondary N) is 1. The molecule has 0 atom stereocenters. The van der Waals surface area contributed by atoms with Gasteiger partial charge < -0.3 is 9.88 Å². The first-order valence-electron chi connectivity index (χ1n) is 7.78. The average Bonchev–Trinajstić information content (AvgIpc) is 2.83. The summed E-state index contributed by atoms with van der Waals surface area (Å²) in [6, 6.07) is 1.85. The van der Waals surface area contributed by atoms with Crippen molar-refractivity contribution in [2.45, 2.75) is 33.6 Å². The second-order valence-corrected chi connectivity index (χ2v) is 7.94. The summed E-state index contributed by atoms with van der Waals surface area (Å²) in [5.41, 5.74) is 2.50. The molecule has 0 aliphatic carbocycles. The summed E-state index contributed by atoms with van der Waals surface area (Å²) in [6.45, 7) is 7.46. The molecule has 0 spiro atoms. The van der Waals surface area contributed by atoms with Gasteiger partial charge in [0.05, 0.1) is 11.3 Å². The molecule has 1 aliphatic heterocycles. The minimum absolute atomic E-state index is 0.0209. The van der Waals surface area contributed by atoms with Gasteiger partial charge in [0.15, 0.2) is 0 Å². The Balaban J connectivity index is 1.97. The number of aromatic amines is 1. The van der Waals surface area contributed by atoms with Gasteiger partial charge in [0, 0.05) is 37.6 Å². The molecule has 2 heterocycles. The molecular weight excluding hydrogens is 302 g/mol. The van der Waals surface area contributed by atoms with Crippen LogP contribution in [0.2, 0.25) is 0 Å². The van der Waals surface area contributed by atoms with Gasteiger partial charge in [-0.2, -0.15) is 4.31 Å². The third-order valence-corrected chi connectivity index (χ3v) is 6.01. The van der Waals surface area contributed by atoms with E-state index in [1.54, 1.807) is 4.90 Å². The standard InChI is InChI=1S/C15H25N3O3S/c1-4-5-10-22(20,21)18-8-6-17(7-9-18)15(19)14-11-12(2)16-13(14)3/h11,16H,4-10H2,1-3H3. The number of piperazine rings is 1. The Morgan fingerprint density at radius 1 is 1.23 bits per heavy atom. The molecule has 1 N–H and O–H groups in total. The molecule has 1 amide bonds. The Hall–Kier alpha value is -1.34. The van der Waals surface area contributed by atoms with E-state index in [2.05, 4.69) is 4.98 Å². The van der Waals surface area contributed by atoms with Gasteiger partial charge in [0.25, 0.3) is 5.91 Å². The third-order valence-electron chi connectivity index (χ3n) is 4.06. The van der Waals surface area contributed by atoms with Gasteiger partial charge in [-0.1, -0.05) is 13.3 Å². The van der Waals surface area contributed by atoms with Crippen molar-refractivity contribution in [1.29, 1.82) is 0 Å². The Morgan fingerprint density at radius 3 is 2.36 bits per heavy atom. The molecule has 2 rings (SSSR count). The zero-order valence-electron chi connectivity index (χ0n) is 13.6. The highest BCUT2D eigenvalue weighted by Gasteiger charge is 2.29. The number of sulfonamides is 1. The summed E-state index contributed by atoms with van der Waals surface area (Å²) >= 11 is 0. The number of nitrogens with zero attached hydrogens (tertiary/aromatic N) is 2. The van der Waals surface area contributed by atoms with E-state index in [-0.39, 0.29) is 11.7 Å². The SMILES string of the molecule is CCCCS(=O)(=O)N1CCN(C(=O)c2cc(C)[nH]c2C)CC1. The Bertz CT molecular complexity index is 628. The molecule has 1 saturated heterocycles. The van der Waals surface area contributed by atoms with E-state index >= 15 is 0 Å². The molecule has 0 saturated carbocycles. The Kier molecular flexibility index (Phi) is 5.28. The van der Waals surface area contributed by atoms with Crippen LogP contribution in [0.4, 0.5) is 0 Å². The van der Waals surface area contributed by atoms with Crippen LogP contribution in [0.25, 0.3) is 0 Å². The predicted molar refractivity (Wildman–Crippen MR) is 86.4 cm³/mol. The van der Waals surface area contributed by atoms with Crippen LogP contribution in [0.3, 0.4) is 0 Å². The van der Waals surface area contributed by atoms with Gasteiger partial charge in [0.1, 0.15) is 0 Å². The number of carbonyl (C=O) groups excluding carboxylic acids is 1. The fourth-order valence-electron chi connectivity index (χ4n) is 2.74. The van der Waals surface area contributed by atoms with Crippen LogP contribution in [-0.4, -0.2) is 60.4 Å². The molecule has 0 bridgehead atoms. The van der Waals surface area contributed by atoms with Crippen LogP contribution in [0.15, 0.2) is 6.07 Å². The smallest absolute Gasteiger partial charge is 0.255 e. The number of carbonyl (C=O) groups is 1. The lowest BCUT2D eigenvalue weighted by molar-refractivity contribution is 0.0697. The highest BCUT2D eigenvalue weighted by molar-refractivity contribution is 7.89. The van der Waals surface area contributed by atoms with Gasteiger partial charge in [-0.15, -0.1) is 0 Å². The molecular formula is C15H25N3O3S. The number of hydrogen-bond acceptors (Lipinski definition) is 3. The quantitative estimate of drug-likeness (QED) is 0.891. The maximum atomic E-state index is 12.5. The van der Waals surface area contributed by atoms with E-state index in [1.165, 1.54) is 4.31 Å². The second kappa shape index (κ2) is 6.83. The lowest BCUT2D eigenvalue weighted by Gasteiger charge is -2.34. The molecule has 0 radical (unpaired) electrons. The van der Waals surface area contributed by atoms with Crippen LogP contribution >= 0.6 is 0 Å². The molecule has 1 fully saturated rings. The summed E-state index contributed by atoms with van der Waals surface area (Å²) < 4.78 is 25.8. The van der Waals surface area contributed by atoms with Gasteiger partial charge in [0.2, 0.25) is 10.0 Å². The summed E-state index contributed by atoms with van der Waals surface area (Å²) in [7, 11) is -3.17. The number of hydrogen-bond donors (Lipinski definition) is 1. The Labute approximate surface area is 132 Å². The van der Waals surface area contributed by atoms with Crippen molar-refractivity contribution in [3.63, 3.8) is 0 Å². The molecule has 6 nitrogen and oxygen atoms in total. The lowest BCUT2D eigenvalue weighted by atomic mass is 10.2. The van der Waals surface area contributed by atoms with Crippen molar-refractivity contribution in [3.8, 4) is 0 Å². The maximum absolute atomic E-state index is 12.5. The summed E-state index contributed by atoms with van der Waals surface area (Å²) in [5, 5.41) is 0. The van der Waals surface area contributed by atoms with E-state index < -0.39 is 10.0 Å². The van der Waals surface area contributed by atoms with Gasteiger partial charge in [-0.25, -0.2) is 8.42 Å². The van der Waals surface area contributed by atoms with Gasteiger partial charge in [-0.05, 0) is 26.3 Å². The first kappa shape index (κ1) is 17.0. The highest BCUT2D eigenvalue weighted by Crippen LogP contribution is 2.16. The number of unbranched alkanes of at least 4 members (excludes halogenated alkanes) is 1. The van der Waals surface area contributed by atoms with Crippen LogP contribution in [0, 0.1) is 13.8 Å². The molecule has 0 aromatic carbocycles. The fourth-order valence-corrected chi connectivity index (χ4v) is 4.37. The maximum Gasteiger partial charge on any atom is 0.255 e. The van der Waals surface area contributed by atoms with Crippen LogP contribution in [0.1, 0.15) is 41.5 Å². The predicted octanol–water partition coefficient (Wildman–Crippen LogP) is 1.52. The van der Waals surface area contributed by atoms with Crippen molar-refractivity contribution in [3.05, 3.63) is 23.0 Å². The van der Waals surface area contributed by atoms with Crippen molar-refractivity contribution < 1.29 is 13.2 Å². The fraction of sp³-hybridized carbons (Fsp3) is 0.667. The second-order valence-electron chi connectivity index (χ2n) is 5.85. The molecule has 1 aromatic rings. The van der Waals surface area contributed by atoms with Crippen molar-refractivity contribution in [2.75, 3.05) is 31.9 Å². The zero-order valence-corrected chi connectivity index (χ0v) is 14.4. The number of aromatic nitrogens is 1.